The number of amides is 1. The molecule has 1 aliphatic rings. The summed E-state index contributed by atoms with van der Waals surface area (Å²) in [6, 6.07) is 5.16. The molecule has 110 valence electrons. The molecule has 1 fully saturated rings. The molecule has 1 aromatic carbocycles. The summed E-state index contributed by atoms with van der Waals surface area (Å²) in [5, 5.41) is 12.7. The third-order valence-electron chi connectivity index (χ3n) is 3.91. The lowest BCUT2D eigenvalue weighted by Gasteiger charge is -2.29. The minimum absolute atomic E-state index is 0.108. The zero-order valence-electron chi connectivity index (χ0n) is 12.4. The number of benzene rings is 1. The maximum absolute atomic E-state index is 12.2. The summed E-state index contributed by atoms with van der Waals surface area (Å²) in [5.41, 5.74) is 1.19. The van der Waals surface area contributed by atoms with Crippen molar-refractivity contribution in [2.24, 2.45) is 0 Å². The third-order valence-corrected chi connectivity index (χ3v) is 3.91. The fourth-order valence-corrected chi connectivity index (χ4v) is 2.75. The van der Waals surface area contributed by atoms with Crippen LogP contribution in [0, 0.1) is 6.92 Å². The second-order valence-corrected chi connectivity index (χ2v) is 5.69. The zero-order chi connectivity index (χ0) is 14.5. The van der Waals surface area contributed by atoms with E-state index in [2.05, 4.69) is 10.2 Å². The van der Waals surface area contributed by atoms with Gasteiger partial charge in [-0.25, -0.2) is 0 Å². The van der Waals surface area contributed by atoms with Crippen LogP contribution in [0.15, 0.2) is 18.2 Å². The van der Waals surface area contributed by atoms with Crippen molar-refractivity contribution in [3.63, 3.8) is 0 Å². The lowest BCUT2D eigenvalue weighted by atomic mass is 10.1. The Labute approximate surface area is 120 Å². The summed E-state index contributed by atoms with van der Waals surface area (Å²) in [4.78, 5) is 14.6. The summed E-state index contributed by atoms with van der Waals surface area (Å²) in [6.45, 7) is 6.95. The zero-order valence-corrected chi connectivity index (χ0v) is 12.4. The Morgan fingerprint density at radius 3 is 2.75 bits per heavy atom. The topological polar surface area (TPSA) is 52.6 Å². The monoisotopic (exact) mass is 276 g/mol. The number of carbonyl (C=O) groups excluding carboxylic acids is 1. The van der Waals surface area contributed by atoms with E-state index in [9.17, 15) is 9.90 Å². The summed E-state index contributed by atoms with van der Waals surface area (Å²) in [6.07, 6.45) is 3.83. The van der Waals surface area contributed by atoms with Gasteiger partial charge in [-0.05, 0) is 51.9 Å². The molecule has 1 heterocycles. The van der Waals surface area contributed by atoms with Crippen molar-refractivity contribution in [3.8, 4) is 5.75 Å². The van der Waals surface area contributed by atoms with E-state index in [1.165, 1.54) is 19.3 Å². The van der Waals surface area contributed by atoms with Gasteiger partial charge in [-0.3, -0.25) is 4.79 Å². The van der Waals surface area contributed by atoms with Crippen molar-refractivity contribution in [1.82, 2.24) is 10.2 Å². The molecule has 2 N–H and O–H groups in total. The molecular formula is C16H24N2O2. The van der Waals surface area contributed by atoms with E-state index < -0.39 is 0 Å². The Balaban J connectivity index is 1.91. The number of nitrogens with one attached hydrogen (secondary N) is 1. The molecular weight excluding hydrogens is 252 g/mol. The van der Waals surface area contributed by atoms with Gasteiger partial charge >= 0.3 is 0 Å². The quantitative estimate of drug-likeness (QED) is 0.887. The first-order valence-electron chi connectivity index (χ1n) is 7.39. The van der Waals surface area contributed by atoms with Crippen LogP contribution in [-0.4, -0.2) is 41.6 Å². The first-order chi connectivity index (χ1) is 9.58. The number of phenols is 1. The summed E-state index contributed by atoms with van der Waals surface area (Å²) >= 11 is 0. The molecule has 1 unspecified atom stereocenters. The van der Waals surface area contributed by atoms with Crippen LogP contribution >= 0.6 is 0 Å². The van der Waals surface area contributed by atoms with Crippen LogP contribution in [0.1, 0.15) is 42.1 Å². The fourth-order valence-electron chi connectivity index (χ4n) is 2.75. The third kappa shape index (κ3) is 3.73. The number of carbonyl (C=O) groups is 1. The van der Waals surface area contributed by atoms with E-state index in [1.54, 1.807) is 25.1 Å². The van der Waals surface area contributed by atoms with Crippen LogP contribution in [0.2, 0.25) is 0 Å². The van der Waals surface area contributed by atoms with Gasteiger partial charge in [-0.15, -0.1) is 0 Å². The molecule has 1 amide bonds. The predicted octanol–water partition coefficient (Wildman–Crippen LogP) is 2.30. The molecule has 0 saturated carbocycles. The Morgan fingerprint density at radius 1 is 1.35 bits per heavy atom. The highest BCUT2D eigenvalue weighted by Gasteiger charge is 2.17. The molecule has 2 rings (SSSR count). The Hall–Kier alpha value is -1.55. The largest absolute Gasteiger partial charge is 0.508 e. The number of aromatic hydroxyl groups is 1. The Bertz CT molecular complexity index is 468. The number of rotatable bonds is 4. The first kappa shape index (κ1) is 14.9. The van der Waals surface area contributed by atoms with Gasteiger partial charge < -0.3 is 15.3 Å². The molecule has 0 spiro atoms. The van der Waals surface area contributed by atoms with E-state index in [-0.39, 0.29) is 17.7 Å². The predicted molar refractivity (Wildman–Crippen MR) is 80.1 cm³/mol. The Morgan fingerprint density at radius 2 is 2.05 bits per heavy atom. The van der Waals surface area contributed by atoms with Crippen LogP contribution in [0.5, 0.6) is 5.75 Å². The van der Waals surface area contributed by atoms with E-state index in [4.69, 9.17) is 0 Å². The average molecular weight is 276 g/mol. The van der Waals surface area contributed by atoms with Crippen molar-refractivity contribution in [1.29, 1.82) is 0 Å². The van der Waals surface area contributed by atoms with Crippen molar-refractivity contribution >= 4 is 5.91 Å². The van der Waals surface area contributed by atoms with Crippen LogP contribution in [0.4, 0.5) is 0 Å². The molecule has 0 aromatic heterocycles. The number of hydrogen-bond donors (Lipinski definition) is 2. The molecule has 0 bridgehead atoms. The lowest BCUT2D eigenvalue weighted by molar-refractivity contribution is 0.0924. The Kier molecular flexibility index (Phi) is 5.01. The minimum atomic E-state index is -0.108. The number of nitrogens with zero attached hydrogens (tertiary/aromatic N) is 1. The minimum Gasteiger partial charge on any atom is -0.508 e. The number of likely N-dealkylation sites (tertiary alicyclic amines) is 1. The first-order valence-corrected chi connectivity index (χ1v) is 7.39. The number of hydrogen-bond acceptors (Lipinski definition) is 3. The van der Waals surface area contributed by atoms with Crippen molar-refractivity contribution in [2.45, 2.75) is 39.2 Å². The summed E-state index contributed by atoms with van der Waals surface area (Å²) in [5.74, 6) is 0.0595. The van der Waals surface area contributed by atoms with Gasteiger partial charge in [0.25, 0.3) is 5.91 Å². The molecule has 1 saturated heterocycles. The molecule has 0 aliphatic carbocycles. The van der Waals surface area contributed by atoms with E-state index in [0.717, 1.165) is 19.6 Å². The second-order valence-electron chi connectivity index (χ2n) is 5.69. The highest BCUT2D eigenvalue weighted by molar-refractivity contribution is 5.96. The SMILES string of the molecule is Cc1c(O)cccc1C(=O)NC(C)CN1CCCCC1. The van der Waals surface area contributed by atoms with E-state index in [1.807, 2.05) is 6.92 Å². The molecule has 1 aromatic rings. The van der Waals surface area contributed by atoms with E-state index >= 15 is 0 Å². The molecule has 4 nitrogen and oxygen atoms in total. The molecule has 1 atom stereocenters. The van der Waals surface area contributed by atoms with Gasteiger partial charge in [-0.2, -0.15) is 0 Å². The van der Waals surface area contributed by atoms with Gasteiger partial charge in [0, 0.05) is 23.7 Å². The van der Waals surface area contributed by atoms with Crippen LogP contribution < -0.4 is 5.32 Å². The van der Waals surface area contributed by atoms with Gasteiger partial charge in [0.05, 0.1) is 0 Å². The smallest absolute Gasteiger partial charge is 0.251 e. The second kappa shape index (κ2) is 6.75. The molecule has 0 radical (unpaired) electrons. The average Bonchev–Trinajstić information content (AvgIpc) is 2.42. The standard InChI is InChI=1S/C16H24N2O2/c1-12(11-18-9-4-3-5-10-18)17-16(20)14-7-6-8-15(19)13(14)2/h6-8,12,19H,3-5,9-11H2,1-2H3,(H,17,20). The van der Waals surface area contributed by atoms with Crippen LogP contribution in [0.3, 0.4) is 0 Å². The molecule has 20 heavy (non-hydrogen) atoms. The van der Waals surface area contributed by atoms with Crippen LogP contribution in [0.25, 0.3) is 0 Å². The molecule has 1 aliphatic heterocycles. The van der Waals surface area contributed by atoms with Crippen LogP contribution in [-0.2, 0) is 0 Å². The molecule has 4 heteroatoms. The van der Waals surface area contributed by atoms with Crippen molar-refractivity contribution in [3.05, 3.63) is 29.3 Å². The number of piperidine rings is 1. The highest BCUT2D eigenvalue weighted by Crippen LogP contribution is 2.19. The summed E-state index contributed by atoms with van der Waals surface area (Å²) < 4.78 is 0. The van der Waals surface area contributed by atoms with Gasteiger partial charge in [0.2, 0.25) is 0 Å². The normalized spacial score (nSPS) is 17.7. The highest BCUT2D eigenvalue weighted by atomic mass is 16.3. The maximum Gasteiger partial charge on any atom is 0.251 e. The van der Waals surface area contributed by atoms with Gasteiger partial charge in [-0.1, -0.05) is 12.5 Å². The number of phenolic OH excluding ortho intramolecular Hbond substituents is 1. The van der Waals surface area contributed by atoms with Crippen molar-refractivity contribution in [2.75, 3.05) is 19.6 Å². The van der Waals surface area contributed by atoms with Gasteiger partial charge in [0.15, 0.2) is 0 Å². The van der Waals surface area contributed by atoms with Crippen molar-refractivity contribution < 1.29 is 9.90 Å². The summed E-state index contributed by atoms with van der Waals surface area (Å²) in [7, 11) is 0. The van der Waals surface area contributed by atoms with E-state index in [0.29, 0.717) is 11.1 Å². The fraction of sp³-hybridized carbons (Fsp3) is 0.562. The lowest BCUT2D eigenvalue weighted by Crippen LogP contribution is -2.43. The van der Waals surface area contributed by atoms with Gasteiger partial charge in [0.1, 0.15) is 5.75 Å². The maximum atomic E-state index is 12.2.